The van der Waals surface area contributed by atoms with Gasteiger partial charge < -0.3 is 10.1 Å². The molecule has 2 unspecified atom stereocenters. The fourth-order valence-electron chi connectivity index (χ4n) is 3.52. The maximum absolute atomic E-state index is 12.7. The molecule has 168 valence electrons. The van der Waals surface area contributed by atoms with Crippen LogP contribution in [0.1, 0.15) is 29.9 Å². The SMILES string of the molecule is N#CC(c1ccccc1)c1ccc(NC(=O)C2CCCN2C(=O)OCC(F)(F)F)cc1Cl. The molecule has 2 aromatic carbocycles. The molecule has 32 heavy (non-hydrogen) atoms. The van der Waals surface area contributed by atoms with E-state index in [1.54, 1.807) is 12.1 Å². The second-order valence-corrected chi connectivity index (χ2v) is 7.63. The minimum atomic E-state index is -4.65. The van der Waals surface area contributed by atoms with E-state index in [4.69, 9.17) is 11.6 Å². The number of alkyl halides is 3. The van der Waals surface area contributed by atoms with Crippen LogP contribution in [0, 0.1) is 11.3 Å². The van der Waals surface area contributed by atoms with E-state index in [1.807, 2.05) is 30.3 Å². The number of likely N-dealkylation sites (tertiary alicyclic amines) is 1. The molecule has 6 nitrogen and oxygen atoms in total. The van der Waals surface area contributed by atoms with Crippen LogP contribution in [-0.2, 0) is 9.53 Å². The van der Waals surface area contributed by atoms with Crippen LogP contribution in [0.3, 0.4) is 0 Å². The van der Waals surface area contributed by atoms with E-state index >= 15 is 0 Å². The van der Waals surface area contributed by atoms with Gasteiger partial charge in [0.15, 0.2) is 6.61 Å². The Bertz CT molecular complexity index is 1020. The monoisotopic (exact) mass is 465 g/mol. The number of ether oxygens (including phenoxy) is 1. The number of amides is 2. The zero-order valence-corrected chi connectivity index (χ0v) is 17.5. The van der Waals surface area contributed by atoms with Crippen molar-refractivity contribution >= 4 is 29.3 Å². The van der Waals surface area contributed by atoms with E-state index in [-0.39, 0.29) is 11.6 Å². The third-order valence-corrected chi connectivity index (χ3v) is 5.32. The first-order chi connectivity index (χ1) is 15.2. The molecule has 2 aromatic rings. The van der Waals surface area contributed by atoms with E-state index in [0.717, 1.165) is 10.5 Å². The minimum Gasteiger partial charge on any atom is -0.440 e. The van der Waals surface area contributed by atoms with Crippen molar-refractivity contribution in [1.82, 2.24) is 4.90 Å². The molecular formula is C22H19ClF3N3O3. The maximum Gasteiger partial charge on any atom is 0.422 e. The lowest BCUT2D eigenvalue weighted by atomic mass is 9.92. The number of benzene rings is 2. The molecule has 0 radical (unpaired) electrons. The average molecular weight is 466 g/mol. The molecule has 0 saturated carbocycles. The van der Waals surface area contributed by atoms with Gasteiger partial charge in [-0.2, -0.15) is 18.4 Å². The number of halogens is 4. The average Bonchev–Trinajstić information content (AvgIpc) is 3.24. The van der Waals surface area contributed by atoms with E-state index in [1.165, 1.54) is 6.07 Å². The molecule has 1 aliphatic rings. The summed E-state index contributed by atoms with van der Waals surface area (Å²) in [5, 5.41) is 12.5. The van der Waals surface area contributed by atoms with E-state index in [2.05, 4.69) is 16.1 Å². The van der Waals surface area contributed by atoms with Crippen LogP contribution >= 0.6 is 11.6 Å². The van der Waals surface area contributed by atoms with Crippen molar-refractivity contribution in [2.45, 2.75) is 31.0 Å². The Hall–Kier alpha value is -3.25. The van der Waals surface area contributed by atoms with E-state index in [9.17, 15) is 28.0 Å². The Morgan fingerprint density at radius 2 is 1.97 bits per heavy atom. The topological polar surface area (TPSA) is 82.4 Å². The summed E-state index contributed by atoms with van der Waals surface area (Å²) in [4.78, 5) is 25.6. The summed E-state index contributed by atoms with van der Waals surface area (Å²) in [6.45, 7) is -1.59. The molecule has 1 aliphatic heterocycles. The summed E-state index contributed by atoms with van der Waals surface area (Å²) < 4.78 is 41.2. The number of nitrogens with zero attached hydrogens (tertiary/aromatic N) is 2. The lowest BCUT2D eigenvalue weighted by molar-refractivity contribution is -0.162. The van der Waals surface area contributed by atoms with Crippen molar-refractivity contribution in [3.05, 3.63) is 64.7 Å². The molecule has 1 saturated heterocycles. The molecule has 2 atom stereocenters. The zero-order chi connectivity index (χ0) is 23.3. The van der Waals surface area contributed by atoms with Gasteiger partial charge in [0, 0.05) is 17.3 Å². The largest absolute Gasteiger partial charge is 0.440 e. The minimum absolute atomic E-state index is 0.120. The molecule has 10 heteroatoms. The second-order valence-electron chi connectivity index (χ2n) is 7.22. The Morgan fingerprint density at radius 1 is 1.25 bits per heavy atom. The Kier molecular flexibility index (Phi) is 7.26. The lowest BCUT2D eigenvalue weighted by Crippen LogP contribution is -2.44. The van der Waals surface area contributed by atoms with Crippen LogP contribution in [-0.4, -0.2) is 42.3 Å². The molecule has 3 rings (SSSR count). The van der Waals surface area contributed by atoms with Gasteiger partial charge in [-0.1, -0.05) is 48.0 Å². The van der Waals surface area contributed by atoms with Crippen LogP contribution in [0.5, 0.6) is 0 Å². The first-order valence-electron chi connectivity index (χ1n) is 9.74. The predicted octanol–water partition coefficient (Wildman–Crippen LogP) is 5.10. The van der Waals surface area contributed by atoms with Gasteiger partial charge in [0.25, 0.3) is 0 Å². The van der Waals surface area contributed by atoms with Gasteiger partial charge in [-0.05, 0) is 36.1 Å². The Balaban J connectivity index is 1.69. The number of nitrogens with one attached hydrogen (secondary N) is 1. The second kappa shape index (κ2) is 9.92. The molecule has 0 aromatic heterocycles. The van der Waals surface area contributed by atoms with Gasteiger partial charge in [-0.15, -0.1) is 0 Å². The first-order valence-corrected chi connectivity index (χ1v) is 10.1. The van der Waals surface area contributed by atoms with E-state index < -0.39 is 36.7 Å². The van der Waals surface area contributed by atoms with Crippen molar-refractivity contribution in [3.63, 3.8) is 0 Å². The summed E-state index contributed by atoms with van der Waals surface area (Å²) in [5.41, 5.74) is 1.67. The van der Waals surface area contributed by atoms with Gasteiger partial charge in [-0.3, -0.25) is 9.69 Å². The van der Waals surface area contributed by atoms with Gasteiger partial charge >= 0.3 is 12.3 Å². The Morgan fingerprint density at radius 3 is 2.59 bits per heavy atom. The quantitative estimate of drug-likeness (QED) is 0.666. The highest BCUT2D eigenvalue weighted by Crippen LogP contribution is 2.32. The number of hydrogen-bond acceptors (Lipinski definition) is 4. The molecule has 1 fully saturated rings. The number of carbonyl (C=O) groups excluding carboxylic acids is 2. The standard InChI is InChI=1S/C22H19ClF3N3O3/c23-18-11-15(8-9-16(18)17(12-27)14-5-2-1-3-6-14)28-20(30)19-7-4-10-29(19)21(31)32-13-22(24,25)26/h1-3,5-6,8-9,11,17,19H,4,7,10,13H2,(H,28,30). The molecule has 1 heterocycles. The van der Waals surface area contributed by atoms with Crippen LogP contribution in [0.15, 0.2) is 48.5 Å². The third kappa shape index (κ3) is 5.71. The first kappa shape index (κ1) is 23.4. The fourth-order valence-corrected chi connectivity index (χ4v) is 3.81. The predicted molar refractivity (Wildman–Crippen MR) is 111 cm³/mol. The normalized spacial score (nSPS) is 16.8. The highest BCUT2D eigenvalue weighted by atomic mass is 35.5. The van der Waals surface area contributed by atoms with E-state index in [0.29, 0.717) is 24.1 Å². The molecule has 0 spiro atoms. The van der Waals surface area contributed by atoms with Crippen LogP contribution in [0.25, 0.3) is 0 Å². The maximum atomic E-state index is 12.7. The van der Waals surface area contributed by atoms with Crippen LogP contribution in [0.2, 0.25) is 5.02 Å². The summed E-state index contributed by atoms with van der Waals surface area (Å²) in [6.07, 6.45) is -5.08. The Labute approximate surface area is 187 Å². The van der Waals surface area contributed by atoms with Crippen molar-refractivity contribution in [2.75, 3.05) is 18.5 Å². The molecule has 1 N–H and O–H groups in total. The summed E-state index contributed by atoms with van der Waals surface area (Å²) in [5.74, 6) is -1.16. The molecule has 2 amide bonds. The fraction of sp³-hybridized carbons (Fsp3) is 0.318. The van der Waals surface area contributed by atoms with Crippen molar-refractivity contribution < 1.29 is 27.5 Å². The van der Waals surface area contributed by atoms with Crippen molar-refractivity contribution in [1.29, 1.82) is 5.26 Å². The number of anilines is 1. The van der Waals surface area contributed by atoms with Gasteiger partial charge in [0.1, 0.15) is 6.04 Å². The summed E-state index contributed by atoms with van der Waals surface area (Å²) in [7, 11) is 0. The highest BCUT2D eigenvalue weighted by Gasteiger charge is 2.37. The highest BCUT2D eigenvalue weighted by molar-refractivity contribution is 6.31. The summed E-state index contributed by atoms with van der Waals surface area (Å²) >= 11 is 6.37. The van der Waals surface area contributed by atoms with Gasteiger partial charge in [0.2, 0.25) is 5.91 Å². The van der Waals surface area contributed by atoms with Crippen LogP contribution < -0.4 is 5.32 Å². The smallest absolute Gasteiger partial charge is 0.422 e. The number of rotatable bonds is 5. The zero-order valence-electron chi connectivity index (χ0n) is 16.7. The number of nitriles is 1. The molecular weight excluding hydrogens is 447 g/mol. The number of hydrogen-bond donors (Lipinski definition) is 1. The van der Waals surface area contributed by atoms with Crippen molar-refractivity contribution in [3.8, 4) is 6.07 Å². The van der Waals surface area contributed by atoms with Crippen molar-refractivity contribution in [2.24, 2.45) is 0 Å². The lowest BCUT2D eigenvalue weighted by Gasteiger charge is -2.23. The molecule has 0 aliphatic carbocycles. The van der Waals surface area contributed by atoms with Gasteiger partial charge in [-0.25, -0.2) is 4.79 Å². The molecule has 0 bridgehead atoms. The van der Waals surface area contributed by atoms with Gasteiger partial charge in [0.05, 0.1) is 12.0 Å². The third-order valence-electron chi connectivity index (χ3n) is 4.99. The summed E-state index contributed by atoms with van der Waals surface area (Å²) in [6, 6.07) is 15.0. The number of carbonyl (C=O) groups is 2. The van der Waals surface area contributed by atoms with Crippen LogP contribution in [0.4, 0.5) is 23.7 Å².